The van der Waals surface area contributed by atoms with Gasteiger partial charge in [0, 0.05) is 0 Å². The molecule has 0 aliphatic heterocycles. The van der Waals surface area contributed by atoms with Crippen molar-refractivity contribution < 1.29 is 4.74 Å². The fraction of sp³-hybridized carbons (Fsp3) is 0.250. The van der Waals surface area contributed by atoms with Crippen molar-refractivity contribution in [1.82, 2.24) is 0 Å². The van der Waals surface area contributed by atoms with Gasteiger partial charge in [-0.25, -0.2) is 0 Å². The molecule has 0 heterocycles. The van der Waals surface area contributed by atoms with E-state index >= 15 is 0 Å². The molecule has 104 valence electrons. The van der Waals surface area contributed by atoms with Gasteiger partial charge in [-0.3, -0.25) is 0 Å². The number of allylic oxidation sites excluding steroid dienone is 5. The van der Waals surface area contributed by atoms with E-state index in [9.17, 15) is 0 Å². The second-order valence-corrected chi connectivity index (χ2v) is 4.95. The van der Waals surface area contributed by atoms with Crippen LogP contribution in [0.2, 0.25) is 0 Å². The molecule has 0 radical (unpaired) electrons. The fourth-order valence-electron chi connectivity index (χ4n) is 1.19. The first-order valence-corrected chi connectivity index (χ1v) is 7.85. The summed E-state index contributed by atoms with van der Waals surface area (Å²) in [6.45, 7) is 7.92. The number of rotatable bonds is 4. The normalized spacial score (nSPS) is 12.1. The van der Waals surface area contributed by atoms with Crippen LogP contribution in [0.1, 0.15) is 27.7 Å². The van der Waals surface area contributed by atoms with E-state index in [-0.39, 0.29) is 0 Å². The van der Waals surface area contributed by atoms with Gasteiger partial charge in [-0.1, -0.05) is 38.1 Å². The highest BCUT2D eigenvalue weighted by molar-refractivity contribution is 9.12. The molecule has 0 fully saturated rings. The summed E-state index contributed by atoms with van der Waals surface area (Å²) in [6.07, 6.45) is 7.77. The summed E-state index contributed by atoms with van der Waals surface area (Å²) in [6, 6.07) is 7.77. The molecule has 3 heteroatoms. The summed E-state index contributed by atoms with van der Waals surface area (Å²) >= 11 is 6.95. The Bertz CT molecular complexity index is 460. The lowest BCUT2D eigenvalue weighted by Gasteiger charge is -2.09. The molecule has 1 aromatic rings. The Morgan fingerprint density at radius 2 is 1.63 bits per heavy atom. The smallest absolute Gasteiger partial charge is 0.141 e. The monoisotopic (exact) mass is 386 g/mol. The quantitative estimate of drug-likeness (QED) is 0.417. The van der Waals surface area contributed by atoms with E-state index in [4.69, 9.17) is 4.74 Å². The van der Waals surface area contributed by atoms with Crippen LogP contribution in [0.15, 0.2) is 63.3 Å². The van der Waals surface area contributed by atoms with Crippen LogP contribution in [0, 0.1) is 0 Å². The Hall–Kier alpha value is -0.800. The van der Waals surface area contributed by atoms with Crippen molar-refractivity contribution in [2.24, 2.45) is 0 Å². The van der Waals surface area contributed by atoms with Gasteiger partial charge < -0.3 is 4.74 Å². The lowest BCUT2D eigenvalue weighted by atomic mass is 10.3. The zero-order valence-corrected chi connectivity index (χ0v) is 15.0. The van der Waals surface area contributed by atoms with Gasteiger partial charge >= 0.3 is 0 Å². The van der Waals surface area contributed by atoms with Crippen LogP contribution in [0.5, 0.6) is 5.75 Å². The number of hydrogen-bond donors (Lipinski definition) is 0. The van der Waals surface area contributed by atoms with Crippen LogP contribution < -0.4 is 4.74 Å². The number of hydrogen-bond acceptors (Lipinski definition) is 1. The van der Waals surface area contributed by atoms with Crippen molar-refractivity contribution in [2.75, 3.05) is 0 Å². The molecule has 1 rings (SSSR count). The van der Waals surface area contributed by atoms with Crippen molar-refractivity contribution in [3.63, 3.8) is 0 Å². The highest BCUT2D eigenvalue weighted by Crippen LogP contribution is 2.28. The molecule has 19 heavy (non-hydrogen) atoms. The van der Waals surface area contributed by atoms with Crippen molar-refractivity contribution in [1.29, 1.82) is 0 Å². The van der Waals surface area contributed by atoms with Gasteiger partial charge in [-0.2, -0.15) is 0 Å². The summed E-state index contributed by atoms with van der Waals surface area (Å²) in [5.74, 6) is 1.57. The Balaban J connectivity index is 0.00000154. The third-order valence-electron chi connectivity index (χ3n) is 1.92. The molecule has 0 unspecified atom stereocenters. The van der Waals surface area contributed by atoms with Gasteiger partial charge in [0.2, 0.25) is 0 Å². The summed E-state index contributed by atoms with van der Waals surface area (Å²) < 4.78 is 7.69. The van der Waals surface area contributed by atoms with Gasteiger partial charge in [0.1, 0.15) is 11.5 Å². The predicted molar refractivity (Wildman–Crippen MR) is 91.7 cm³/mol. The predicted octanol–water partition coefficient (Wildman–Crippen LogP) is 6.61. The average molecular weight is 388 g/mol. The van der Waals surface area contributed by atoms with Gasteiger partial charge in [-0.05, 0) is 70.0 Å². The number of halogens is 2. The van der Waals surface area contributed by atoms with E-state index in [2.05, 4.69) is 31.9 Å². The molecule has 0 bridgehead atoms. The van der Waals surface area contributed by atoms with Crippen molar-refractivity contribution in [2.45, 2.75) is 27.7 Å². The highest BCUT2D eigenvalue weighted by Gasteiger charge is 2.04. The molecule has 0 N–H and O–H groups in total. The summed E-state index contributed by atoms with van der Waals surface area (Å²) in [5, 5.41) is 0. The first-order chi connectivity index (χ1) is 9.19. The lowest BCUT2D eigenvalue weighted by Crippen LogP contribution is -1.94. The van der Waals surface area contributed by atoms with Crippen LogP contribution in [0.4, 0.5) is 0 Å². The van der Waals surface area contributed by atoms with E-state index < -0.39 is 0 Å². The minimum atomic E-state index is 0.775. The maximum absolute atomic E-state index is 5.85. The standard InChI is InChI=1S/C14H14Br2O.C2H6/c1-3-7-11(15)13(8-4-2)17-14-10-6-5-9-12(14)16;1-2/h3-10H,1-2H3;1-2H3/b7-3-,8-4-,13-11-;. The summed E-state index contributed by atoms with van der Waals surface area (Å²) in [5.41, 5.74) is 0. The van der Waals surface area contributed by atoms with E-state index in [1.165, 1.54) is 0 Å². The first kappa shape index (κ1) is 18.2. The Kier molecular flexibility index (Phi) is 10.6. The molecule has 0 aliphatic carbocycles. The van der Waals surface area contributed by atoms with Crippen LogP contribution >= 0.6 is 31.9 Å². The van der Waals surface area contributed by atoms with Gasteiger partial charge in [0.15, 0.2) is 0 Å². The zero-order chi connectivity index (χ0) is 14.7. The fourth-order valence-corrected chi connectivity index (χ4v) is 2.03. The lowest BCUT2D eigenvalue weighted by molar-refractivity contribution is 0.440. The zero-order valence-electron chi connectivity index (χ0n) is 11.8. The van der Waals surface area contributed by atoms with E-state index in [0.29, 0.717) is 0 Å². The van der Waals surface area contributed by atoms with Crippen molar-refractivity contribution in [3.05, 3.63) is 63.3 Å². The SMILES string of the molecule is CC.C\C=C/C(Br)=C(\C=C/C)Oc1ccccc1Br. The molecule has 0 amide bonds. The maximum atomic E-state index is 5.85. The van der Waals surface area contributed by atoms with Crippen LogP contribution in [-0.2, 0) is 0 Å². The van der Waals surface area contributed by atoms with E-state index in [1.807, 2.05) is 76.3 Å². The molecule has 0 spiro atoms. The highest BCUT2D eigenvalue weighted by atomic mass is 79.9. The largest absolute Gasteiger partial charge is 0.455 e. The van der Waals surface area contributed by atoms with Gasteiger partial charge in [0.25, 0.3) is 0 Å². The minimum Gasteiger partial charge on any atom is -0.455 e. The van der Waals surface area contributed by atoms with Crippen LogP contribution in [0.25, 0.3) is 0 Å². The summed E-state index contributed by atoms with van der Waals surface area (Å²) in [7, 11) is 0. The van der Waals surface area contributed by atoms with Crippen molar-refractivity contribution >= 4 is 31.9 Å². The van der Waals surface area contributed by atoms with Crippen molar-refractivity contribution in [3.8, 4) is 5.75 Å². The molecule has 1 nitrogen and oxygen atoms in total. The van der Waals surface area contributed by atoms with E-state index in [0.717, 1.165) is 20.5 Å². The molecular weight excluding hydrogens is 368 g/mol. The number of para-hydroxylation sites is 1. The maximum Gasteiger partial charge on any atom is 0.141 e. The average Bonchev–Trinajstić information content (AvgIpc) is 2.43. The molecule has 0 aliphatic rings. The molecule has 0 atom stereocenters. The molecule has 0 saturated heterocycles. The molecular formula is C16H20Br2O. The van der Waals surface area contributed by atoms with Crippen LogP contribution in [0.3, 0.4) is 0 Å². The van der Waals surface area contributed by atoms with E-state index in [1.54, 1.807) is 0 Å². The second-order valence-electron chi connectivity index (χ2n) is 3.24. The summed E-state index contributed by atoms with van der Waals surface area (Å²) in [4.78, 5) is 0. The molecule has 0 aromatic heterocycles. The van der Waals surface area contributed by atoms with Crippen LogP contribution in [-0.4, -0.2) is 0 Å². The molecule has 1 aromatic carbocycles. The van der Waals surface area contributed by atoms with Gasteiger partial charge in [0.05, 0.1) is 8.96 Å². The molecule has 0 saturated carbocycles. The Morgan fingerprint density at radius 3 is 2.16 bits per heavy atom. The Labute approximate surface area is 133 Å². The number of ether oxygens (including phenoxy) is 1. The second kappa shape index (κ2) is 11.1. The number of benzene rings is 1. The third-order valence-corrected chi connectivity index (χ3v) is 3.23. The topological polar surface area (TPSA) is 9.23 Å². The van der Waals surface area contributed by atoms with Gasteiger partial charge in [-0.15, -0.1) is 0 Å². The Morgan fingerprint density at radius 1 is 1.05 bits per heavy atom. The third kappa shape index (κ3) is 6.79. The minimum absolute atomic E-state index is 0.775. The first-order valence-electron chi connectivity index (χ1n) is 6.26.